The van der Waals surface area contributed by atoms with Crippen LogP contribution in [-0.2, 0) is 16.0 Å². The van der Waals surface area contributed by atoms with Crippen molar-refractivity contribution >= 4 is 17.3 Å². The van der Waals surface area contributed by atoms with Crippen LogP contribution in [0.25, 0.3) is 0 Å². The van der Waals surface area contributed by atoms with Gasteiger partial charge in [0.1, 0.15) is 0 Å². The highest BCUT2D eigenvalue weighted by Crippen LogP contribution is 2.07. The van der Waals surface area contributed by atoms with Crippen LogP contribution in [0, 0.1) is 6.92 Å². The molecule has 0 atom stereocenters. The molecular formula is C11H18N2O2S. The van der Waals surface area contributed by atoms with Gasteiger partial charge in [0.2, 0.25) is 0 Å². The SMILES string of the molecule is Cc1nc(CCNCC(=O)OC(C)C)cs1. The van der Waals surface area contributed by atoms with Gasteiger partial charge in [-0.2, -0.15) is 0 Å². The molecule has 0 aliphatic heterocycles. The van der Waals surface area contributed by atoms with Crippen molar-refractivity contribution in [3.05, 3.63) is 16.1 Å². The number of rotatable bonds is 6. The first-order valence-corrected chi connectivity index (χ1v) is 6.27. The summed E-state index contributed by atoms with van der Waals surface area (Å²) in [6.45, 7) is 6.69. The molecule has 0 saturated heterocycles. The molecule has 1 N–H and O–H groups in total. The van der Waals surface area contributed by atoms with Gasteiger partial charge < -0.3 is 10.1 Å². The zero-order valence-electron chi connectivity index (χ0n) is 9.95. The van der Waals surface area contributed by atoms with Crippen LogP contribution in [0.4, 0.5) is 0 Å². The summed E-state index contributed by atoms with van der Waals surface area (Å²) >= 11 is 1.65. The van der Waals surface area contributed by atoms with Gasteiger partial charge in [-0.05, 0) is 20.8 Å². The maximum atomic E-state index is 11.2. The Labute approximate surface area is 100 Å². The lowest BCUT2D eigenvalue weighted by molar-refractivity contribution is -0.146. The van der Waals surface area contributed by atoms with Gasteiger partial charge in [0.15, 0.2) is 0 Å². The first kappa shape index (κ1) is 13.1. The third-order valence-electron chi connectivity index (χ3n) is 1.86. The smallest absolute Gasteiger partial charge is 0.320 e. The zero-order valence-corrected chi connectivity index (χ0v) is 10.8. The molecule has 0 spiro atoms. The summed E-state index contributed by atoms with van der Waals surface area (Å²) in [6, 6.07) is 0. The van der Waals surface area contributed by atoms with E-state index in [0.29, 0.717) is 0 Å². The number of carbonyl (C=O) groups excluding carboxylic acids is 1. The quantitative estimate of drug-likeness (QED) is 0.607. The van der Waals surface area contributed by atoms with Crippen molar-refractivity contribution < 1.29 is 9.53 Å². The number of esters is 1. The van der Waals surface area contributed by atoms with Crippen LogP contribution >= 0.6 is 11.3 Å². The van der Waals surface area contributed by atoms with Crippen LogP contribution in [0.1, 0.15) is 24.5 Å². The van der Waals surface area contributed by atoms with E-state index in [9.17, 15) is 4.79 Å². The number of aromatic nitrogens is 1. The van der Waals surface area contributed by atoms with Gasteiger partial charge in [-0.3, -0.25) is 4.79 Å². The lowest BCUT2D eigenvalue weighted by Crippen LogP contribution is -2.28. The van der Waals surface area contributed by atoms with Crippen LogP contribution in [0.5, 0.6) is 0 Å². The Morgan fingerprint density at radius 3 is 2.94 bits per heavy atom. The van der Waals surface area contributed by atoms with E-state index >= 15 is 0 Å². The Balaban J connectivity index is 2.10. The highest BCUT2D eigenvalue weighted by Gasteiger charge is 2.04. The second kappa shape index (κ2) is 6.60. The normalized spacial score (nSPS) is 10.8. The highest BCUT2D eigenvalue weighted by atomic mass is 32.1. The standard InChI is InChI=1S/C11H18N2O2S/c1-8(2)15-11(14)6-12-5-4-10-7-16-9(3)13-10/h7-8,12H,4-6H2,1-3H3. The molecule has 90 valence electrons. The van der Waals surface area contributed by atoms with E-state index in [1.807, 2.05) is 26.2 Å². The molecule has 1 aromatic rings. The number of nitrogens with one attached hydrogen (secondary N) is 1. The van der Waals surface area contributed by atoms with Crippen molar-refractivity contribution in [2.24, 2.45) is 0 Å². The summed E-state index contributed by atoms with van der Waals surface area (Å²) in [5, 5.41) is 6.16. The van der Waals surface area contributed by atoms with Crippen LogP contribution < -0.4 is 5.32 Å². The van der Waals surface area contributed by atoms with E-state index in [4.69, 9.17) is 4.74 Å². The lowest BCUT2D eigenvalue weighted by Gasteiger charge is -2.08. The predicted octanol–water partition coefficient (Wildman–Crippen LogP) is 1.54. The highest BCUT2D eigenvalue weighted by molar-refractivity contribution is 7.09. The minimum Gasteiger partial charge on any atom is -0.462 e. The molecule has 0 radical (unpaired) electrons. The topological polar surface area (TPSA) is 51.2 Å². The molecule has 0 saturated carbocycles. The molecule has 1 heterocycles. The number of carbonyl (C=O) groups is 1. The van der Waals surface area contributed by atoms with Crippen molar-refractivity contribution in [1.29, 1.82) is 0 Å². The second-order valence-electron chi connectivity index (χ2n) is 3.82. The average Bonchev–Trinajstić information content (AvgIpc) is 2.58. The van der Waals surface area contributed by atoms with Crippen molar-refractivity contribution in [1.82, 2.24) is 10.3 Å². The van der Waals surface area contributed by atoms with E-state index in [-0.39, 0.29) is 18.6 Å². The van der Waals surface area contributed by atoms with E-state index in [1.54, 1.807) is 11.3 Å². The van der Waals surface area contributed by atoms with E-state index in [0.717, 1.165) is 23.7 Å². The van der Waals surface area contributed by atoms with Gasteiger partial charge in [0.25, 0.3) is 0 Å². The van der Waals surface area contributed by atoms with Gasteiger partial charge in [0, 0.05) is 18.3 Å². The van der Waals surface area contributed by atoms with Crippen LogP contribution in [0.15, 0.2) is 5.38 Å². The molecule has 0 aromatic carbocycles. The largest absolute Gasteiger partial charge is 0.462 e. The van der Waals surface area contributed by atoms with Crippen molar-refractivity contribution in [2.45, 2.75) is 33.3 Å². The fourth-order valence-electron chi connectivity index (χ4n) is 1.23. The Morgan fingerprint density at radius 2 is 2.38 bits per heavy atom. The average molecular weight is 242 g/mol. The molecule has 0 aliphatic carbocycles. The van der Waals surface area contributed by atoms with Crippen molar-refractivity contribution in [3.8, 4) is 0 Å². The third-order valence-corrected chi connectivity index (χ3v) is 2.68. The molecule has 4 nitrogen and oxygen atoms in total. The van der Waals surface area contributed by atoms with Crippen molar-refractivity contribution in [2.75, 3.05) is 13.1 Å². The molecule has 16 heavy (non-hydrogen) atoms. The van der Waals surface area contributed by atoms with Gasteiger partial charge in [-0.25, -0.2) is 4.98 Å². The number of hydrogen-bond acceptors (Lipinski definition) is 5. The van der Waals surface area contributed by atoms with E-state index in [1.165, 1.54) is 0 Å². The lowest BCUT2D eigenvalue weighted by atomic mass is 10.3. The number of nitrogens with zero attached hydrogens (tertiary/aromatic N) is 1. The minimum atomic E-state index is -0.204. The molecule has 5 heteroatoms. The molecule has 1 rings (SSSR count). The van der Waals surface area contributed by atoms with Gasteiger partial charge >= 0.3 is 5.97 Å². The maximum absolute atomic E-state index is 11.2. The molecule has 0 fully saturated rings. The Hall–Kier alpha value is -0.940. The predicted molar refractivity (Wildman–Crippen MR) is 64.7 cm³/mol. The molecule has 0 aliphatic rings. The monoisotopic (exact) mass is 242 g/mol. The fourth-order valence-corrected chi connectivity index (χ4v) is 1.88. The maximum Gasteiger partial charge on any atom is 0.320 e. The van der Waals surface area contributed by atoms with E-state index in [2.05, 4.69) is 10.3 Å². The summed E-state index contributed by atoms with van der Waals surface area (Å²) in [4.78, 5) is 15.5. The van der Waals surface area contributed by atoms with Crippen LogP contribution in [-0.4, -0.2) is 30.1 Å². The summed E-state index contributed by atoms with van der Waals surface area (Å²) in [6.07, 6.45) is 0.801. The van der Waals surface area contributed by atoms with Gasteiger partial charge in [-0.1, -0.05) is 0 Å². The fraction of sp³-hybridized carbons (Fsp3) is 0.636. The first-order chi connectivity index (χ1) is 7.58. The third kappa shape index (κ3) is 5.23. The van der Waals surface area contributed by atoms with Crippen LogP contribution in [0.2, 0.25) is 0 Å². The first-order valence-electron chi connectivity index (χ1n) is 5.39. The molecule has 0 unspecified atom stereocenters. The summed E-state index contributed by atoms with van der Waals surface area (Å²) < 4.78 is 4.99. The Kier molecular flexibility index (Phi) is 5.42. The Morgan fingerprint density at radius 1 is 1.62 bits per heavy atom. The number of hydrogen-bond donors (Lipinski definition) is 1. The van der Waals surface area contributed by atoms with Gasteiger partial charge in [0.05, 0.1) is 23.4 Å². The zero-order chi connectivity index (χ0) is 12.0. The number of aryl methyl sites for hydroxylation is 1. The molecule has 0 bridgehead atoms. The number of ether oxygens (including phenoxy) is 1. The minimum absolute atomic E-state index is 0.0458. The summed E-state index contributed by atoms with van der Waals surface area (Å²) in [5.74, 6) is -0.204. The summed E-state index contributed by atoms with van der Waals surface area (Å²) in [5.41, 5.74) is 1.08. The van der Waals surface area contributed by atoms with Gasteiger partial charge in [-0.15, -0.1) is 11.3 Å². The number of thiazole rings is 1. The van der Waals surface area contributed by atoms with E-state index < -0.39 is 0 Å². The van der Waals surface area contributed by atoms with Crippen molar-refractivity contribution in [3.63, 3.8) is 0 Å². The van der Waals surface area contributed by atoms with Crippen LogP contribution in [0.3, 0.4) is 0 Å². The Bertz CT molecular complexity index is 336. The summed E-state index contributed by atoms with van der Waals surface area (Å²) in [7, 11) is 0. The molecule has 0 amide bonds. The molecule has 1 aromatic heterocycles. The molecular weight excluding hydrogens is 224 g/mol. The second-order valence-corrected chi connectivity index (χ2v) is 4.89.